The molecule has 0 saturated carbocycles. The molecule has 1 aliphatic rings. The van der Waals surface area contributed by atoms with E-state index in [1.807, 2.05) is 18.3 Å². The van der Waals surface area contributed by atoms with Crippen LogP contribution in [0.15, 0.2) is 128 Å². The van der Waals surface area contributed by atoms with Gasteiger partial charge in [0, 0.05) is 59.9 Å². The van der Waals surface area contributed by atoms with Gasteiger partial charge < -0.3 is 19.1 Å². The Labute approximate surface area is 256 Å². The van der Waals surface area contributed by atoms with E-state index < -0.39 is 0 Å². The van der Waals surface area contributed by atoms with Crippen molar-refractivity contribution >= 4 is 38.5 Å². The molecule has 44 heavy (non-hydrogen) atoms. The number of anilines is 1. The number of benzene rings is 4. The fourth-order valence-electron chi connectivity index (χ4n) is 6.33. The molecule has 216 valence electrons. The number of aromatic nitrogens is 3. The summed E-state index contributed by atoms with van der Waals surface area (Å²) in [4.78, 5) is 9.28. The number of ether oxygens (including phenoxy) is 1. The van der Waals surface area contributed by atoms with Gasteiger partial charge in [0.2, 0.25) is 0 Å². The molecule has 0 bridgehead atoms. The summed E-state index contributed by atoms with van der Waals surface area (Å²) in [5.41, 5.74) is 7.98. The van der Waals surface area contributed by atoms with Crippen LogP contribution in [0.5, 0.6) is 11.5 Å². The number of para-hydroxylation sites is 2. The SMILES string of the molecule is CC(C)c1ccnc(-n2c3cc(Oc4cccc(N5C=CN(C)C5)c4)ccc3c3c2c2ccccc2n3-c2ccccc2)c1. The Morgan fingerprint density at radius 3 is 2.23 bits per heavy atom. The Hall–Kier alpha value is -5.49. The van der Waals surface area contributed by atoms with Crippen molar-refractivity contribution in [1.82, 2.24) is 19.0 Å². The summed E-state index contributed by atoms with van der Waals surface area (Å²) in [6, 6.07) is 38.2. The highest BCUT2D eigenvalue weighted by atomic mass is 16.5. The van der Waals surface area contributed by atoms with E-state index >= 15 is 0 Å². The van der Waals surface area contributed by atoms with Crippen molar-refractivity contribution in [2.75, 3.05) is 18.6 Å². The van der Waals surface area contributed by atoms with Crippen molar-refractivity contribution in [2.24, 2.45) is 0 Å². The molecule has 4 aromatic carbocycles. The Morgan fingerprint density at radius 2 is 1.41 bits per heavy atom. The average molecular weight is 576 g/mol. The Bertz CT molecular complexity index is 2190. The Morgan fingerprint density at radius 1 is 0.659 bits per heavy atom. The van der Waals surface area contributed by atoms with Gasteiger partial charge in [-0.3, -0.25) is 4.57 Å². The van der Waals surface area contributed by atoms with Gasteiger partial charge in [-0.2, -0.15) is 0 Å². The van der Waals surface area contributed by atoms with Gasteiger partial charge in [-0.05, 0) is 66.1 Å². The number of hydrogen-bond donors (Lipinski definition) is 0. The minimum absolute atomic E-state index is 0.385. The lowest BCUT2D eigenvalue weighted by Gasteiger charge is -2.19. The van der Waals surface area contributed by atoms with Gasteiger partial charge in [-0.25, -0.2) is 4.98 Å². The summed E-state index contributed by atoms with van der Waals surface area (Å²) in [5, 5.41) is 2.32. The molecule has 7 aromatic rings. The third kappa shape index (κ3) is 4.30. The molecule has 0 atom stereocenters. The maximum atomic E-state index is 6.54. The Balaban J connectivity index is 1.36. The van der Waals surface area contributed by atoms with Gasteiger partial charge in [0.25, 0.3) is 0 Å². The molecular formula is C38H33N5O. The molecule has 6 nitrogen and oxygen atoms in total. The number of nitrogens with zero attached hydrogens (tertiary/aromatic N) is 5. The number of fused-ring (bicyclic) bond motifs is 5. The zero-order valence-electron chi connectivity index (χ0n) is 25.1. The number of rotatable bonds is 6. The molecule has 0 unspecified atom stereocenters. The van der Waals surface area contributed by atoms with Crippen LogP contribution in [-0.2, 0) is 0 Å². The largest absolute Gasteiger partial charge is 0.457 e. The van der Waals surface area contributed by atoms with Crippen molar-refractivity contribution in [3.8, 4) is 23.0 Å². The normalized spacial score (nSPS) is 13.3. The van der Waals surface area contributed by atoms with E-state index in [-0.39, 0.29) is 0 Å². The van der Waals surface area contributed by atoms with E-state index in [2.05, 4.69) is 149 Å². The van der Waals surface area contributed by atoms with E-state index in [1.165, 1.54) is 10.9 Å². The molecule has 0 spiro atoms. The van der Waals surface area contributed by atoms with Crippen molar-refractivity contribution in [3.63, 3.8) is 0 Å². The molecule has 4 heterocycles. The standard InChI is InChI=1S/C38H33N5O/c1-26(2)27-18-19-39-36(22-27)43-35-24-31(44-30-13-9-12-29(23-30)41-21-20-40(3)25-41)16-17-33(35)37-38(43)32-14-7-8-15-34(32)42(37)28-10-5-4-6-11-28/h4-24,26H,25H2,1-3H3. The number of hydrogen-bond acceptors (Lipinski definition) is 4. The van der Waals surface area contributed by atoms with Crippen LogP contribution in [0.2, 0.25) is 0 Å². The van der Waals surface area contributed by atoms with Crippen LogP contribution in [-0.4, -0.2) is 32.7 Å². The van der Waals surface area contributed by atoms with E-state index in [9.17, 15) is 0 Å². The van der Waals surface area contributed by atoms with E-state index in [0.29, 0.717) is 5.92 Å². The maximum absolute atomic E-state index is 6.54. The highest BCUT2D eigenvalue weighted by molar-refractivity contribution is 6.20. The second-order valence-corrected chi connectivity index (χ2v) is 11.8. The zero-order valence-corrected chi connectivity index (χ0v) is 25.1. The van der Waals surface area contributed by atoms with E-state index in [0.717, 1.165) is 62.8 Å². The second-order valence-electron chi connectivity index (χ2n) is 11.8. The third-order valence-electron chi connectivity index (χ3n) is 8.48. The van der Waals surface area contributed by atoms with Crippen LogP contribution >= 0.6 is 0 Å². The van der Waals surface area contributed by atoms with Crippen LogP contribution in [0.3, 0.4) is 0 Å². The lowest BCUT2D eigenvalue weighted by atomic mass is 10.1. The summed E-state index contributed by atoms with van der Waals surface area (Å²) in [5.74, 6) is 2.86. The van der Waals surface area contributed by atoms with Crippen molar-refractivity contribution in [2.45, 2.75) is 19.8 Å². The molecule has 6 heteroatoms. The molecule has 0 radical (unpaired) electrons. The first-order chi connectivity index (χ1) is 21.5. The average Bonchev–Trinajstić information content (AvgIpc) is 3.73. The molecule has 1 aliphatic heterocycles. The third-order valence-corrected chi connectivity index (χ3v) is 8.48. The van der Waals surface area contributed by atoms with E-state index in [1.54, 1.807) is 0 Å². The number of pyridine rings is 1. The predicted molar refractivity (Wildman–Crippen MR) is 180 cm³/mol. The van der Waals surface area contributed by atoms with Crippen LogP contribution in [0.1, 0.15) is 25.3 Å². The molecule has 8 rings (SSSR count). The first kappa shape index (κ1) is 26.2. The molecule has 0 fully saturated rings. The summed E-state index contributed by atoms with van der Waals surface area (Å²) >= 11 is 0. The zero-order chi connectivity index (χ0) is 29.8. The molecular weight excluding hydrogens is 542 g/mol. The minimum atomic E-state index is 0.385. The lowest BCUT2D eigenvalue weighted by molar-refractivity contribution is 0.481. The molecule has 0 aliphatic carbocycles. The second kappa shape index (κ2) is 10.3. The smallest absolute Gasteiger partial charge is 0.137 e. The highest BCUT2D eigenvalue weighted by Gasteiger charge is 2.23. The van der Waals surface area contributed by atoms with Crippen molar-refractivity contribution < 1.29 is 4.74 Å². The fraction of sp³-hybridized carbons (Fsp3) is 0.132. The van der Waals surface area contributed by atoms with Gasteiger partial charge in [0.15, 0.2) is 0 Å². The summed E-state index contributed by atoms with van der Waals surface area (Å²) in [6.45, 7) is 5.26. The fourth-order valence-corrected chi connectivity index (χ4v) is 6.33. The molecule has 0 amide bonds. The molecule has 0 N–H and O–H groups in total. The van der Waals surface area contributed by atoms with Gasteiger partial charge in [-0.15, -0.1) is 0 Å². The highest BCUT2D eigenvalue weighted by Crippen LogP contribution is 2.42. The van der Waals surface area contributed by atoms with Gasteiger partial charge in [-0.1, -0.05) is 56.3 Å². The predicted octanol–water partition coefficient (Wildman–Crippen LogP) is 9.22. The van der Waals surface area contributed by atoms with Crippen molar-refractivity contribution in [1.29, 1.82) is 0 Å². The summed E-state index contributed by atoms with van der Waals surface area (Å²) in [6.07, 6.45) is 6.09. The first-order valence-electron chi connectivity index (χ1n) is 15.1. The summed E-state index contributed by atoms with van der Waals surface area (Å²) in [7, 11) is 2.07. The van der Waals surface area contributed by atoms with Gasteiger partial charge in [0.1, 0.15) is 17.3 Å². The lowest BCUT2D eigenvalue weighted by Crippen LogP contribution is -2.21. The van der Waals surface area contributed by atoms with E-state index in [4.69, 9.17) is 9.72 Å². The maximum Gasteiger partial charge on any atom is 0.137 e. The molecule has 0 saturated heterocycles. The van der Waals surface area contributed by atoms with Crippen LogP contribution in [0.4, 0.5) is 5.69 Å². The quantitative estimate of drug-likeness (QED) is 0.198. The topological polar surface area (TPSA) is 38.5 Å². The van der Waals surface area contributed by atoms with Gasteiger partial charge >= 0.3 is 0 Å². The minimum Gasteiger partial charge on any atom is -0.457 e. The van der Waals surface area contributed by atoms with Gasteiger partial charge in [0.05, 0.1) is 28.7 Å². The van der Waals surface area contributed by atoms with Crippen LogP contribution in [0, 0.1) is 0 Å². The van der Waals surface area contributed by atoms with Crippen LogP contribution < -0.4 is 9.64 Å². The first-order valence-corrected chi connectivity index (χ1v) is 15.1. The molecule has 3 aromatic heterocycles. The monoisotopic (exact) mass is 575 g/mol. The Kier molecular flexibility index (Phi) is 6.15. The van der Waals surface area contributed by atoms with Crippen molar-refractivity contribution in [3.05, 3.63) is 133 Å². The van der Waals surface area contributed by atoms with Crippen LogP contribution in [0.25, 0.3) is 44.3 Å². The summed E-state index contributed by atoms with van der Waals surface area (Å²) < 4.78 is 11.2.